The normalized spacial score (nSPS) is 9.80. The van der Waals surface area contributed by atoms with Crippen LogP contribution in [0.15, 0.2) is 12.1 Å². The molecule has 0 unspecified atom stereocenters. The van der Waals surface area contributed by atoms with E-state index >= 15 is 0 Å². The second-order valence-electron chi connectivity index (χ2n) is 2.95. The second kappa shape index (κ2) is 2.53. The molecule has 0 spiro atoms. The molecule has 0 nitrogen and oxygen atoms in total. The fourth-order valence-electron chi connectivity index (χ4n) is 1.09. The van der Waals surface area contributed by atoms with E-state index in [4.69, 9.17) is 0 Å². The molecule has 1 aromatic rings. The van der Waals surface area contributed by atoms with Gasteiger partial charge in [0, 0.05) is 0 Å². The van der Waals surface area contributed by atoms with Gasteiger partial charge in [-0.3, -0.25) is 0 Å². The molecule has 0 saturated carbocycles. The van der Waals surface area contributed by atoms with Gasteiger partial charge in [-0.2, -0.15) is 0 Å². The van der Waals surface area contributed by atoms with Gasteiger partial charge < -0.3 is 0 Å². The molecule has 0 amide bonds. The Labute approximate surface area is 64.5 Å². The lowest BCUT2D eigenvalue weighted by molar-refractivity contribution is 1.40. The zero-order chi connectivity index (χ0) is 7.72. The highest BCUT2D eigenvalue weighted by atomic mass is 14.0. The first-order chi connectivity index (χ1) is 4.63. The van der Waals surface area contributed by atoms with Crippen LogP contribution in [-0.4, -0.2) is 15.7 Å². The molecule has 0 aliphatic heterocycles. The Hall–Kier alpha value is -0.650. The van der Waals surface area contributed by atoms with E-state index < -0.39 is 0 Å². The maximum Gasteiger partial charge on any atom is 0.139 e. The molecule has 10 heavy (non-hydrogen) atoms. The van der Waals surface area contributed by atoms with Crippen molar-refractivity contribution in [3.8, 4) is 0 Å². The van der Waals surface area contributed by atoms with Crippen molar-refractivity contribution in [2.75, 3.05) is 0 Å². The summed E-state index contributed by atoms with van der Waals surface area (Å²) in [6, 6.07) is 4.36. The monoisotopic (exact) mass is 130 g/mol. The Bertz CT molecular complexity index is 227. The van der Waals surface area contributed by atoms with E-state index in [1.165, 1.54) is 22.1 Å². The molecule has 50 valence electrons. The molecule has 0 fully saturated rings. The van der Waals surface area contributed by atoms with Crippen molar-refractivity contribution in [3.63, 3.8) is 0 Å². The molecule has 1 aromatic carbocycles. The first-order valence-electron chi connectivity index (χ1n) is 3.66. The van der Waals surface area contributed by atoms with Crippen LogP contribution >= 0.6 is 0 Å². The van der Waals surface area contributed by atoms with Gasteiger partial charge >= 0.3 is 0 Å². The zero-order valence-electron chi connectivity index (χ0n) is 7.15. The zero-order valence-corrected chi connectivity index (χ0v) is 7.15. The third-order valence-corrected chi connectivity index (χ3v) is 2.33. The molecule has 1 rings (SSSR count). The lowest BCUT2D eigenvalue weighted by Gasteiger charge is -2.06. The fraction of sp³-hybridized carbons (Fsp3) is 0.250. The maximum atomic E-state index is 2.18. The summed E-state index contributed by atoms with van der Waals surface area (Å²) in [4.78, 5) is 0. The largest absolute Gasteiger partial charge is 0.139 e. The van der Waals surface area contributed by atoms with Crippen LogP contribution in [0.1, 0.15) is 11.1 Å². The van der Waals surface area contributed by atoms with Crippen molar-refractivity contribution in [1.82, 2.24) is 0 Å². The van der Waals surface area contributed by atoms with Crippen molar-refractivity contribution in [3.05, 3.63) is 23.3 Å². The topological polar surface area (TPSA) is 0 Å². The predicted molar refractivity (Wildman–Crippen MR) is 52.3 cm³/mol. The van der Waals surface area contributed by atoms with Crippen molar-refractivity contribution < 1.29 is 0 Å². The van der Waals surface area contributed by atoms with Crippen molar-refractivity contribution >= 4 is 26.6 Å². The van der Waals surface area contributed by atoms with E-state index in [1.54, 1.807) is 0 Å². The predicted octanol–water partition coefficient (Wildman–Crippen LogP) is -1.18. The van der Waals surface area contributed by atoms with Gasteiger partial charge in [0.25, 0.3) is 0 Å². The van der Waals surface area contributed by atoms with E-state index in [9.17, 15) is 0 Å². The Morgan fingerprint density at radius 2 is 1.20 bits per heavy atom. The fourth-order valence-corrected chi connectivity index (χ4v) is 1.09. The average molecular weight is 130 g/mol. The lowest BCUT2D eigenvalue weighted by atomic mass is 9.81. The minimum atomic E-state index is 1.39. The molecular weight excluding hydrogens is 118 g/mol. The maximum absolute atomic E-state index is 2.18. The van der Waals surface area contributed by atoms with Gasteiger partial charge in [-0.1, -0.05) is 34.2 Å². The highest BCUT2D eigenvalue weighted by Gasteiger charge is 1.97. The van der Waals surface area contributed by atoms with Crippen LogP contribution in [0.3, 0.4) is 0 Å². The molecule has 0 radical (unpaired) electrons. The first-order valence-corrected chi connectivity index (χ1v) is 3.66. The van der Waals surface area contributed by atoms with E-state index in [-0.39, 0.29) is 0 Å². The van der Waals surface area contributed by atoms with Crippen molar-refractivity contribution in [2.45, 2.75) is 13.8 Å². The summed E-state index contributed by atoms with van der Waals surface area (Å²) in [7, 11) is 4.31. The molecule has 0 N–H and O–H groups in total. The summed E-state index contributed by atoms with van der Waals surface area (Å²) in [5.41, 5.74) is 5.64. The van der Waals surface area contributed by atoms with E-state index in [1.807, 2.05) is 0 Å². The van der Waals surface area contributed by atoms with E-state index in [0.717, 1.165) is 0 Å². The molecule has 2 heteroatoms. The summed E-state index contributed by atoms with van der Waals surface area (Å²) >= 11 is 0. The highest BCUT2D eigenvalue weighted by molar-refractivity contribution is 6.37. The number of benzene rings is 1. The van der Waals surface area contributed by atoms with Crippen LogP contribution < -0.4 is 10.9 Å². The van der Waals surface area contributed by atoms with Crippen LogP contribution in [-0.2, 0) is 0 Å². The summed E-state index contributed by atoms with van der Waals surface area (Å²) in [5, 5.41) is 0. The van der Waals surface area contributed by atoms with Crippen molar-refractivity contribution in [1.29, 1.82) is 0 Å². The molecule has 0 aliphatic rings. The van der Waals surface area contributed by atoms with Crippen molar-refractivity contribution in [2.24, 2.45) is 0 Å². The lowest BCUT2D eigenvalue weighted by Crippen LogP contribution is -2.17. The Balaban J connectivity index is 3.34. The second-order valence-corrected chi connectivity index (χ2v) is 2.95. The third-order valence-electron chi connectivity index (χ3n) is 2.33. The number of hydrogen-bond acceptors (Lipinski definition) is 0. The van der Waals surface area contributed by atoms with Gasteiger partial charge in [-0.05, 0) is 13.8 Å². The van der Waals surface area contributed by atoms with Crippen LogP contribution in [0.2, 0.25) is 0 Å². The summed E-state index contributed by atoms with van der Waals surface area (Å²) in [6.45, 7) is 4.36. The van der Waals surface area contributed by atoms with Gasteiger partial charge in [-0.25, -0.2) is 0 Å². The Kier molecular flexibility index (Phi) is 1.89. The van der Waals surface area contributed by atoms with Crippen LogP contribution in [0.25, 0.3) is 0 Å². The smallest absolute Gasteiger partial charge is 0.0859 e. The van der Waals surface area contributed by atoms with Crippen LogP contribution in [0.5, 0.6) is 0 Å². The summed E-state index contributed by atoms with van der Waals surface area (Å²) in [5.74, 6) is 0. The summed E-state index contributed by atoms with van der Waals surface area (Å²) < 4.78 is 0. The van der Waals surface area contributed by atoms with Crippen LogP contribution in [0.4, 0.5) is 0 Å². The molecule has 0 aliphatic carbocycles. The SMILES string of the molecule is Bc1ccc(B)c(C)c1C. The summed E-state index contributed by atoms with van der Waals surface area (Å²) in [6.07, 6.45) is 0. The van der Waals surface area contributed by atoms with Crippen LogP contribution in [0, 0.1) is 13.8 Å². The Morgan fingerprint density at radius 1 is 0.900 bits per heavy atom. The number of rotatable bonds is 0. The van der Waals surface area contributed by atoms with Gasteiger partial charge in [0.15, 0.2) is 0 Å². The molecule has 0 bridgehead atoms. The van der Waals surface area contributed by atoms with Gasteiger partial charge in [-0.15, -0.1) is 0 Å². The number of hydrogen-bond donors (Lipinski definition) is 0. The molecule has 0 atom stereocenters. The van der Waals surface area contributed by atoms with E-state index in [0.29, 0.717) is 0 Å². The minimum absolute atomic E-state index is 1.39. The molecule has 0 heterocycles. The Morgan fingerprint density at radius 3 is 1.50 bits per heavy atom. The molecule has 0 saturated heterocycles. The first kappa shape index (κ1) is 7.46. The van der Waals surface area contributed by atoms with Gasteiger partial charge in [0.05, 0.1) is 0 Å². The van der Waals surface area contributed by atoms with Gasteiger partial charge in [0.2, 0.25) is 0 Å². The quantitative estimate of drug-likeness (QED) is 0.387. The average Bonchev–Trinajstić information content (AvgIpc) is 1.93. The standard InChI is InChI=1S/C8H12B2/c1-5-6(2)8(10)4-3-7(5)9/h3-4H,9-10H2,1-2H3. The minimum Gasteiger partial charge on any atom is -0.0859 e. The molecule has 0 aromatic heterocycles. The van der Waals surface area contributed by atoms with Gasteiger partial charge in [0.1, 0.15) is 15.7 Å². The highest BCUT2D eigenvalue weighted by Crippen LogP contribution is 1.97. The molecular formula is C8H12B2. The third kappa shape index (κ3) is 1.11. The van der Waals surface area contributed by atoms with E-state index in [2.05, 4.69) is 41.7 Å².